The van der Waals surface area contributed by atoms with Gasteiger partial charge in [0, 0.05) is 15.1 Å². The van der Waals surface area contributed by atoms with Gasteiger partial charge in [0.25, 0.3) is 0 Å². The summed E-state index contributed by atoms with van der Waals surface area (Å²) in [7, 11) is 0. The minimum Gasteiger partial charge on any atom is -0.139 e. The van der Waals surface area contributed by atoms with Crippen molar-refractivity contribution in [3.63, 3.8) is 0 Å². The Morgan fingerprint density at radius 3 is 2.00 bits per heavy atom. The Morgan fingerprint density at radius 2 is 1.21 bits per heavy atom. The first kappa shape index (κ1) is 13.8. The zero-order chi connectivity index (χ0) is 16.1. The van der Waals surface area contributed by atoms with Gasteiger partial charge < -0.3 is 0 Å². The Hall–Kier alpha value is -2.64. The van der Waals surface area contributed by atoms with Crippen molar-refractivity contribution in [3.05, 3.63) is 83.7 Å². The Morgan fingerprint density at radius 1 is 0.583 bits per heavy atom. The molecule has 0 unspecified atom stereocenters. The van der Waals surface area contributed by atoms with E-state index in [4.69, 9.17) is 0 Å². The van der Waals surface area contributed by atoms with E-state index in [1.54, 1.807) is 0 Å². The van der Waals surface area contributed by atoms with E-state index in [2.05, 4.69) is 85.8 Å². The van der Waals surface area contributed by atoms with Crippen LogP contribution >= 0.6 is 11.3 Å². The number of hydrogen-bond acceptors (Lipinski definition) is 1. The molecule has 0 saturated carbocycles. The van der Waals surface area contributed by atoms with Gasteiger partial charge in [-0.1, -0.05) is 60.7 Å². The molecule has 0 spiro atoms. The molecule has 0 radical (unpaired) electrons. The molecule has 0 aliphatic rings. The summed E-state index contributed by atoms with van der Waals surface area (Å²) in [5.74, 6) is 0. The minimum atomic E-state index is 1.30. The van der Waals surface area contributed by atoms with Crippen molar-refractivity contribution in [3.8, 4) is 10.4 Å². The molecule has 114 valence electrons. The van der Waals surface area contributed by atoms with Gasteiger partial charge in [-0.05, 0) is 57.6 Å². The smallest absolute Gasteiger partial charge is 0.0424 e. The lowest BCUT2D eigenvalue weighted by Gasteiger charge is -2.05. The van der Waals surface area contributed by atoms with Crippen LogP contribution in [-0.4, -0.2) is 0 Å². The van der Waals surface area contributed by atoms with E-state index in [-0.39, 0.29) is 0 Å². The molecule has 1 heteroatoms. The molecule has 0 N–H and O–H groups in total. The molecule has 0 bridgehead atoms. The average Bonchev–Trinajstić information content (AvgIpc) is 2.97. The van der Waals surface area contributed by atoms with Gasteiger partial charge in [0.1, 0.15) is 0 Å². The molecule has 0 saturated heterocycles. The maximum Gasteiger partial charge on any atom is 0.0424 e. The first-order valence-corrected chi connectivity index (χ1v) is 9.02. The first-order valence-electron chi connectivity index (χ1n) is 8.21. The molecule has 5 aromatic rings. The monoisotopic (exact) mass is 324 g/mol. The second-order valence-electron chi connectivity index (χ2n) is 6.29. The van der Waals surface area contributed by atoms with Crippen LogP contribution < -0.4 is 0 Å². The largest absolute Gasteiger partial charge is 0.139 e. The van der Waals surface area contributed by atoms with Crippen LogP contribution in [-0.2, 0) is 0 Å². The number of thiophene rings is 1. The van der Waals surface area contributed by atoms with Gasteiger partial charge in [-0.3, -0.25) is 0 Å². The van der Waals surface area contributed by atoms with Crippen molar-refractivity contribution in [1.82, 2.24) is 0 Å². The maximum atomic E-state index is 2.33. The Kier molecular flexibility index (Phi) is 2.97. The van der Waals surface area contributed by atoms with Crippen LogP contribution in [0.2, 0.25) is 0 Å². The maximum absolute atomic E-state index is 2.33. The van der Waals surface area contributed by atoms with Crippen molar-refractivity contribution < 1.29 is 0 Å². The third kappa shape index (κ3) is 2.05. The summed E-state index contributed by atoms with van der Waals surface area (Å²) >= 11 is 1.89. The first-order chi connectivity index (χ1) is 11.8. The minimum absolute atomic E-state index is 1.30. The van der Waals surface area contributed by atoms with Gasteiger partial charge in [0.2, 0.25) is 0 Å². The third-order valence-electron chi connectivity index (χ3n) is 4.77. The standard InChI is InChI=1S/C23H16S/c1-15-21-8-4-5-9-22(21)23(24-15)19-11-10-18-12-16-6-2-3-7-17(16)13-20(18)14-19/h2-14H,1H3. The van der Waals surface area contributed by atoms with Crippen molar-refractivity contribution in [2.75, 3.05) is 0 Å². The summed E-state index contributed by atoms with van der Waals surface area (Å²) < 4.78 is 0. The number of fused-ring (bicyclic) bond motifs is 3. The fourth-order valence-electron chi connectivity index (χ4n) is 3.55. The molecule has 5 rings (SSSR count). The molecule has 4 aromatic carbocycles. The molecule has 0 aliphatic carbocycles. The van der Waals surface area contributed by atoms with Crippen molar-refractivity contribution in [2.45, 2.75) is 6.92 Å². The SMILES string of the molecule is Cc1sc(-c2ccc3cc4ccccc4cc3c2)c2ccccc12. The molecular weight excluding hydrogens is 308 g/mol. The van der Waals surface area contributed by atoms with Gasteiger partial charge in [-0.2, -0.15) is 0 Å². The zero-order valence-corrected chi connectivity index (χ0v) is 14.2. The topological polar surface area (TPSA) is 0 Å². The van der Waals surface area contributed by atoms with E-state index < -0.39 is 0 Å². The van der Waals surface area contributed by atoms with Gasteiger partial charge in [-0.25, -0.2) is 0 Å². The lowest BCUT2D eigenvalue weighted by atomic mass is 10.00. The fraction of sp³-hybridized carbons (Fsp3) is 0.0435. The normalized spacial score (nSPS) is 11.5. The molecule has 0 atom stereocenters. The molecule has 24 heavy (non-hydrogen) atoms. The zero-order valence-electron chi connectivity index (χ0n) is 13.4. The highest BCUT2D eigenvalue weighted by Gasteiger charge is 2.10. The van der Waals surface area contributed by atoms with Crippen LogP contribution in [0.5, 0.6) is 0 Å². The average molecular weight is 324 g/mol. The van der Waals surface area contributed by atoms with E-state index in [1.165, 1.54) is 47.6 Å². The molecule has 1 heterocycles. The van der Waals surface area contributed by atoms with Crippen LogP contribution in [0.15, 0.2) is 78.9 Å². The second-order valence-corrected chi connectivity index (χ2v) is 7.52. The third-order valence-corrected chi connectivity index (χ3v) is 5.96. The number of hydrogen-bond donors (Lipinski definition) is 0. The van der Waals surface area contributed by atoms with Crippen molar-refractivity contribution in [1.29, 1.82) is 0 Å². The van der Waals surface area contributed by atoms with Crippen molar-refractivity contribution >= 4 is 43.7 Å². The van der Waals surface area contributed by atoms with E-state index in [1.807, 2.05) is 11.3 Å². The summed E-state index contributed by atoms with van der Waals surface area (Å²) in [4.78, 5) is 2.76. The Labute approximate surface area is 145 Å². The van der Waals surface area contributed by atoms with Gasteiger partial charge in [0.05, 0.1) is 0 Å². The lowest BCUT2D eigenvalue weighted by molar-refractivity contribution is 1.68. The van der Waals surface area contributed by atoms with Crippen LogP contribution in [0.1, 0.15) is 4.88 Å². The Balaban J connectivity index is 1.78. The molecular formula is C23H16S. The quantitative estimate of drug-likeness (QED) is 0.286. The predicted octanol–water partition coefficient (Wildman–Crippen LogP) is 7.18. The van der Waals surface area contributed by atoms with Gasteiger partial charge in [-0.15, -0.1) is 11.3 Å². The molecule has 0 fully saturated rings. The van der Waals surface area contributed by atoms with Gasteiger partial charge in [0.15, 0.2) is 0 Å². The molecule has 0 nitrogen and oxygen atoms in total. The summed E-state index contributed by atoms with van der Waals surface area (Å²) in [6.45, 7) is 2.21. The Bertz CT molecular complexity index is 1210. The van der Waals surface area contributed by atoms with E-state index in [0.29, 0.717) is 0 Å². The van der Waals surface area contributed by atoms with E-state index in [0.717, 1.165) is 0 Å². The predicted molar refractivity (Wildman–Crippen MR) is 107 cm³/mol. The number of aryl methyl sites for hydroxylation is 1. The summed E-state index contributed by atoms with van der Waals surface area (Å²) in [6, 6.07) is 28.7. The van der Waals surface area contributed by atoms with E-state index >= 15 is 0 Å². The molecule has 0 amide bonds. The summed E-state index contributed by atoms with van der Waals surface area (Å²) in [5, 5.41) is 7.94. The number of rotatable bonds is 1. The molecule has 0 aliphatic heterocycles. The highest BCUT2D eigenvalue weighted by Crippen LogP contribution is 2.39. The molecule has 1 aromatic heterocycles. The second kappa shape index (κ2) is 5.19. The highest BCUT2D eigenvalue weighted by molar-refractivity contribution is 7.17. The van der Waals surface area contributed by atoms with Crippen LogP contribution in [0.4, 0.5) is 0 Å². The van der Waals surface area contributed by atoms with Crippen LogP contribution in [0.25, 0.3) is 42.8 Å². The van der Waals surface area contributed by atoms with Crippen molar-refractivity contribution in [2.24, 2.45) is 0 Å². The van der Waals surface area contributed by atoms with Crippen LogP contribution in [0, 0.1) is 6.92 Å². The highest BCUT2D eigenvalue weighted by atomic mass is 32.1. The van der Waals surface area contributed by atoms with Crippen LogP contribution in [0.3, 0.4) is 0 Å². The summed E-state index contributed by atoms with van der Waals surface area (Å²) in [6.07, 6.45) is 0. The fourth-order valence-corrected chi connectivity index (χ4v) is 4.67. The summed E-state index contributed by atoms with van der Waals surface area (Å²) in [5.41, 5.74) is 1.31. The van der Waals surface area contributed by atoms with Gasteiger partial charge >= 0.3 is 0 Å². The number of benzene rings is 4. The van der Waals surface area contributed by atoms with E-state index in [9.17, 15) is 0 Å². The lowest BCUT2D eigenvalue weighted by Crippen LogP contribution is -1.79.